The van der Waals surface area contributed by atoms with Crippen LogP contribution in [0.1, 0.15) is 54.5 Å². The SMILES string of the molecule is Cc1cc(C=Cc2ccc3cc(N(C)C)ccc3[n+]2C)c(C)n1-c1ccccc1.Cl.Nc1ccc(N=Nc2ccccc2)c(N)n1.O=C(O)c1cc2ccccc2c(Cc2c(O)c(C(=O)O)cc3ccccc23)c1[O-]. The smallest absolute Gasteiger partial charge is 0.339 e. The van der Waals surface area contributed by atoms with Crippen LogP contribution >= 0.6 is 12.4 Å². The number of phenols is 1. The van der Waals surface area contributed by atoms with Crippen LogP contribution in [0.2, 0.25) is 0 Å². The fourth-order valence-corrected chi connectivity index (χ4v) is 8.80. The third kappa shape index (κ3) is 11.9. The van der Waals surface area contributed by atoms with Crippen LogP contribution in [0.5, 0.6) is 11.5 Å². The average molecular weight is 1020 g/mol. The van der Waals surface area contributed by atoms with Crippen LogP contribution < -0.4 is 26.0 Å². The Kier molecular flexibility index (Phi) is 16.6. The van der Waals surface area contributed by atoms with Gasteiger partial charge in [-0.15, -0.1) is 17.5 Å². The van der Waals surface area contributed by atoms with Crippen LogP contribution in [-0.2, 0) is 13.5 Å². The zero-order valence-corrected chi connectivity index (χ0v) is 42.7. The molecule has 378 valence electrons. The highest BCUT2D eigenvalue weighted by atomic mass is 35.5. The van der Waals surface area contributed by atoms with Crippen molar-refractivity contribution in [2.45, 2.75) is 20.3 Å². The highest BCUT2D eigenvalue weighted by molar-refractivity contribution is 6.02. The van der Waals surface area contributed by atoms with Gasteiger partial charge in [0.2, 0.25) is 11.2 Å². The zero-order valence-electron chi connectivity index (χ0n) is 41.8. The number of aromatic hydroxyl groups is 1. The van der Waals surface area contributed by atoms with Crippen molar-refractivity contribution in [3.63, 3.8) is 0 Å². The van der Waals surface area contributed by atoms with E-state index in [0.717, 1.165) is 5.69 Å². The standard InChI is InChI=1S/C26H28N3.C23H16O6.C11H11N5.ClH/c1-19-17-21(20(2)29(19)24-9-7-6-8-10-24)11-13-23-14-12-22-18-25(27(3)4)15-16-26(22)28(23)5;24-20-16(14-7-3-1-5-12(14)9-18(20)22(26)27)11-17-15-8-4-2-6-13(15)10-19(21(17)25)23(28)29;12-10-7-6-9(11(13)14-10)16-15-8-4-2-1-3-5-8;/h6-18H,1-5H3;1-10,24-25H,11H2,(H,26,27)(H,28,29);1-7H,(H4,12,13,14);1H/q+1;;;/p-1. The van der Waals surface area contributed by atoms with Gasteiger partial charge >= 0.3 is 11.9 Å². The van der Waals surface area contributed by atoms with E-state index in [1.807, 2.05) is 30.3 Å². The first-order valence-corrected chi connectivity index (χ1v) is 23.5. The topological polar surface area (TPSA) is 220 Å². The summed E-state index contributed by atoms with van der Waals surface area (Å²) in [5.74, 6) is -3.06. The summed E-state index contributed by atoms with van der Waals surface area (Å²) in [4.78, 5) is 29.2. The quantitative estimate of drug-likeness (QED) is 0.0644. The Morgan fingerprint density at radius 2 is 1.29 bits per heavy atom. The second-order valence-electron chi connectivity index (χ2n) is 17.7. The summed E-state index contributed by atoms with van der Waals surface area (Å²) in [5, 5.41) is 54.1. The monoisotopic (exact) mass is 1020 g/mol. The fourth-order valence-electron chi connectivity index (χ4n) is 8.80. The number of nitrogen functional groups attached to an aromatic ring is 2. The number of pyridine rings is 2. The number of hydrogen-bond acceptors (Lipinski definition) is 10. The summed E-state index contributed by atoms with van der Waals surface area (Å²) in [5.41, 5.74) is 20.8. The van der Waals surface area contributed by atoms with Crippen molar-refractivity contribution in [3.05, 3.63) is 215 Å². The van der Waals surface area contributed by atoms with E-state index < -0.39 is 23.4 Å². The van der Waals surface area contributed by atoms with E-state index in [1.165, 1.54) is 57.1 Å². The highest BCUT2D eigenvalue weighted by Crippen LogP contribution is 2.38. The molecule has 0 aliphatic rings. The van der Waals surface area contributed by atoms with Crippen molar-refractivity contribution in [3.8, 4) is 17.2 Å². The number of fused-ring (bicyclic) bond motifs is 3. The highest BCUT2D eigenvalue weighted by Gasteiger charge is 2.20. The van der Waals surface area contributed by atoms with Gasteiger partial charge in [-0.25, -0.2) is 14.6 Å². The zero-order chi connectivity index (χ0) is 52.6. The second-order valence-corrected chi connectivity index (χ2v) is 17.7. The minimum atomic E-state index is -1.34. The average Bonchev–Trinajstić information content (AvgIpc) is 3.69. The van der Waals surface area contributed by atoms with Crippen molar-refractivity contribution in [2.24, 2.45) is 17.3 Å². The number of nitrogens with two attached hydrogens (primary N) is 2. The van der Waals surface area contributed by atoms with Gasteiger partial charge in [-0.05, 0) is 125 Å². The van der Waals surface area contributed by atoms with Gasteiger partial charge in [0.05, 0.1) is 11.3 Å². The number of nitrogens with zero attached hydrogens (tertiary/aromatic N) is 6. The van der Waals surface area contributed by atoms with Crippen molar-refractivity contribution in [1.82, 2.24) is 9.55 Å². The number of carbonyl (C=O) groups is 2. The number of azo groups is 1. The van der Waals surface area contributed by atoms with Crippen LogP contribution in [0.3, 0.4) is 0 Å². The van der Waals surface area contributed by atoms with Crippen molar-refractivity contribution < 1.29 is 34.6 Å². The number of aromatic nitrogens is 3. The maximum Gasteiger partial charge on any atom is 0.339 e. The van der Waals surface area contributed by atoms with E-state index in [4.69, 9.17) is 11.5 Å². The Hall–Kier alpha value is -9.53. The molecule has 0 aliphatic carbocycles. The lowest BCUT2D eigenvalue weighted by Gasteiger charge is -2.21. The summed E-state index contributed by atoms with van der Waals surface area (Å²) in [6.45, 7) is 4.35. The van der Waals surface area contributed by atoms with Crippen LogP contribution in [0.15, 0.2) is 180 Å². The summed E-state index contributed by atoms with van der Waals surface area (Å²) in [6.07, 6.45) is 4.32. The number of carboxylic acids is 2. The molecule has 0 atom stereocenters. The molecule has 0 saturated carbocycles. The van der Waals surface area contributed by atoms with Crippen molar-refractivity contribution in [1.29, 1.82) is 0 Å². The van der Waals surface area contributed by atoms with Crippen LogP contribution in [0, 0.1) is 13.8 Å². The van der Waals surface area contributed by atoms with Gasteiger partial charge in [0.1, 0.15) is 29.9 Å². The van der Waals surface area contributed by atoms with E-state index in [1.54, 1.807) is 60.7 Å². The molecular formula is C60H55ClN8O6. The largest absolute Gasteiger partial charge is 0.872 e. The number of hydrogen-bond donors (Lipinski definition) is 5. The Bertz CT molecular complexity index is 3680. The van der Waals surface area contributed by atoms with E-state index in [2.05, 4.69) is 143 Å². The summed E-state index contributed by atoms with van der Waals surface area (Å²) in [6, 6.07) is 53.0. The number of anilines is 3. The normalized spacial score (nSPS) is 11.0. The number of aryl methyl sites for hydroxylation is 2. The maximum absolute atomic E-state index is 12.9. The van der Waals surface area contributed by atoms with E-state index in [9.17, 15) is 30.0 Å². The van der Waals surface area contributed by atoms with Gasteiger partial charge in [0, 0.05) is 72.4 Å². The first-order chi connectivity index (χ1) is 35.6. The van der Waals surface area contributed by atoms with Gasteiger partial charge in [-0.3, -0.25) is 0 Å². The van der Waals surface area contributed by atoms with Gasteiger partial charge in [0.15, 0.2) is 5.82 Å². The Labute approximate surface area is 439 Å². The molecule has 7 N–H and O–H groups in total. The molecule has 75 heavy (non-hydrogen) atoms. The van der Waals surface area contributed by atoms with Gasteiger partial charge in [-0.2, -0.15) is 9.68 Å². The molecule has 0 unspecified atom stereocenters. The van der Waals surface area contributed by atoms with Crippen molar-refractivity contribution in [2.75, 3.05) is 30.5 Å². The van der Waals surface area contributed by atoms with Gasteiger partial charge < -0.3 is 41.4 Å². The lowest BCUT2D eigenvalue weighted by molar-refractivity contribution is -0.646. The predicted octanol–water partition coefficient (Wildman–Crippen LogP) is 12.2. The molecule has 0 bridgehead atoms. The lowest BCUT2D eigenvalue weighted by atomic mass is 9.90. The van der Waals surface area contributed by atoms with E-state index in [0.29, 0.717) is 33.1 Å². The Morgan fingerprint density at radius 1 is 0.693 bits per heavy atom. The molecule has 0 fully saturated rings. The van der Waals surface area contributed by atoms with Crippen LogP contribution in [0.4, 0.5) is 28.7 Å². The minimum absolute atomic E-state index is 0. The number of carboxylic acid groups (broad SMARTS) is 2. The predicted molar refractivity (Wildman–Crippen MR) is 300 cm³/mol. The number of aromatic carboxylic acids is 2. The lowest BCUT2D eigenvalue weighted by Crippen LogP contribution is -2.32. The number of benzene rings is 7. The second kappa shape index (κ2) is 23.3. The molecule has 15 heteroatoms. The molecule has 3 aromatic heterocycles. The Morgan fingerprint density at radius 3 is 1.92 bits per heavy atom. The van der Waals surface area contributed by atoms with Gasteiger partial charge in [0.25, 0.3) is 0 Å². The van der Waals surface area contributed by atoms with Crippen molar-refractivity contribution >= 4 is 97.6 Å². The molecule has 14 nitrogen and oxygen atoms in total. The van der Waals surface area contributed by atoms with Crippen LogP contribution in [0.25, 0.3) is 50.3 Å². The van der Waals surface area contributed by atoms with Crippen LogP contribution in [-0.4, -0.2) is 50.9 Å². The van der Waals surface area contributed by atoms with E-state index >= 15 is 0 Å². The minimum Gasteiger partial charge on any atom is -0.872 e. The number of halogens is 1. The molecule has 10 aromatic rings. The third-order valence-electron chi connectivity index (χ3n) is 12.6. The maximum atomic E-state index is 12.9. The molecule has 3 heterocycles. The van der Waals surface area contributed by atoms with Gasteiger partial charge in [-0.1, -0.05) is 90.7 Å². The molecule has 10 rings (SSSR count). The molecule has 0 spiro atoms. The Balaban J connectivity index is 0.000000170. The third-order valence-corrected chi connectivity index (χ3v) is 12.6. The molecule has 0 amide bonds. The van der Waals surface area contributed by atoms with E-state index in [-0.39, 0.29) is 46.9 Å². The first-order valence-electron chi connectivity index (χ1n) is 23.5. The molecule has 7 aromatic carbocycles. The fraction of sp³-hybridized carbons (Fsp3) is 0.100. The summed E-state index contributed by atoms with van der Waals surface area (Å²) < 4.78 is 4.56. The summed E-state index contributed by atoms with van der Waals surface area (Å²) in [7, 11) is 6.28. The summed E-state index contributed by atoms with van der Waals surface area (Å²) >= 11 is 0. The number of rotatable bonds is 10. The number of para-hydroxylation sites is 1. The molecule has 0 saturated heterocycles. The molecule has 0 radical (unpaired) electrons. The molecule has 0 aliphatic heterocycles. The molecular weight excluding hydrogens is 964 g/mol. The first kappa shape index (κ1) is 53.3.